The number of piperidine rings is 1. The van der Waals surface area contributed by atoms with Gasteiger partial charge in [-0.1, -0.05) is 0 Å². The number of aromatic nitrogens is 1. The first-order valence-corrected chi connectivity index (χ1v) is 7.61. The number of amides is 1. The lowest BCUT2D eigenvalue weighted by Gasteiger charge is -2.30. The van der Waals surface area contributed by atoms with Gasteiger partial charge in [-0.25, -0.2) is 4.79 Å². The summed E-state index contributed by atoms with van der Waals surface area (Å²) in [5.41, 5.74) is 1.42. The zero-order valence-electron chi connectivity index (χ0n) is 13.6. The van der Waals surface area contributed by atoms with Crippen LogP contribution in [-0.4, -0.2) is 59.0 Å². The summed E-state index contributed by atoms with van der Waals surface area (Å²) in [5, 5.41) is 9.68. The standard InChI is InChI=1S/C16H22N2O5/c1-9-14(16(22)23-3)12(17-15(9)10(2)19)7-13(21)18-6-4-5-11(20)8-18/h11,17,20H,4-8H2,1-3H3. The largest absolute Gasteiger partial charge is 0.465 e. The number of β-amino-alcohol motifs (C(OH)–C–C–N with tert-alkyl or cyclic N) is 1. The zero-order valence-corrected chi connectivity index (χ0v) is 13.6. The lowest BCUT2D eigenvalue weighted by molar-refractivity contribution is -0.133. The molecule has 2 heterocycles. The molecule has 0 bridgehead atoms. The molecule has 1 fully saturated rings. The SMILES string of the molecule is COC(=O)c1c(CC(=O)N2CCCC(O)C2)[nH]c(C(C)=O)c1C. The molecule has 7 nitrogen and oxygen atoms in total. The average molecular weight is 322 g/mol. The number of aliphatic hydroxyl groups is 1. The number of ketones is 1. The molecule has 1 unspecified atom stereocenters. The summed E-state index contributed by atoms with van der Waals surface area (Å²) in [6.07, 6.45) is 0.892. The maximum Gasteiger partial charge on any atom is 0.339 e. The van der Waals surface area contributed by atoms with E-state index in [0.717, 1.165) is 6.42 Å². The van der Waals surface area contributed by atoms with Gasteiger partial charge in [-0.2, -0.15) is 0 Å². The van der Waals surface area contributed by atoms with Gasteiger partial charge in [-0.15, -0.1) is 0 Å². The lowest BCUT2D eigenvalue weighted by Crippen LogP contribution is -2.43. The van der Waals surface area contributed by atoms with Crippen LogP contribution in [0.25, 0.3) is 0 Å². The Morgan fingerprint density at radius 3 is 2.65 bits per heavy atom. The van der Waals surface area contributed by atoms with Gasteiger partial charge in [0.25, 0.3) is 0 Å². The van der Waals surface area contributed by atoms with Crippen LogP contribution in [-0.2, 0) is 16.0 Å². The van der Waals surface area contributed by atoms with Crippen molar-refractivity contribution in [2.45, 2.75) is 39.2 Å². The average Bonchev–Trinajstić information content (AvgIpc) is 2.83. The number of esters is 1. The van der Waals surface area contributed by atoms with Crippen LogP contribution >= 0.6 is 0 Å². The summed E-state index contributed by atoms with van der Waals surface area (Å²) in [5.74, 6) is -0.974. The monoisotopic (exact) mass is 322 g/mol. The zero-order chi connectivity index (χ0) is 17.1. The van der Waals surface area contributed by atoms with Gasteiger partial charge in [-0.3, -0.25) is 9.59 Å². The Hall–Kier alpha value is -2.15. The Bertz CT molecular complexity index is 635. The van der Waals surface area contributed by atoms with Crippen LogP contribution < -0.4 is 0 Å². The van der Waals surface area contributed by atoms with E-state index < -0.39 is 12.1 Å². The molecular formula is C16H22N2O5. The van der Waals surface area contributed by atoms with E-state index >= 15 is 0 Å². The summed E-state index contributed by atoms with van der Waals surface area (Å²) < 4.78 is 4.76. The Morgan fingerprint density at radius 1 is 1.39 bits per heavy atom. The molecule has 0 radical (unpaired) electrons. The second-order valence-electron chi connectivity index (χ2n) is 5.84. The van der Waals surface area contributed by atoms with E-state index in [9.17, 15) is 19.5 Å². The molecule has 1 amide bonds. The Kier molecular flexibility index (Phi) is 5.20. The van der Waals surface area contributed by atoms with E-state index in [2.05, 4.69) is 4.98 Å². The third-order valence-corrected chi connectivity index (χ3v) is 4.15. The maximum atomic E-state index is 12.4. The molecule has 0 saturated carbocycles. The minimum atomic E-state index is -0.576. The van der Waals surface area contributed by atoms with Crippen molar-refractivity contribution in [1.29, 1.82) is 0 Å². The molecule has 1 aromatic rings. The van der Waals surface area contributed by atoms with Crippen molar-refractivity contribution >= 4 is 17.7 Å². The maximum absolute atomic E-state index is 12.4. The molecule has 7 heteroatoms. The molecule has 2 rings (SSSR count). The van der Waals surface area contributed by atoms with Crippen molar-refractivity contribution < 1.29 is 24.2 Å². The van der Waals surface area contributed by atoms with E-state index in [1.165, 1.54) is 14.0 Å². The molecule has 1 aliphatic heterocycles. The highest BCUT2D eigenvalue weighted by molar-refractivity contribution is 6.01. The van der Waals surface area contributed by atoms with Crippen LogP contribution in [0.2, 0.25) is 0 Å². The molecule has 126 valence electrons. The molecule has 1 saturated heterocycles. The second kappa shape index (κ2) is 6.95. The molecule has 1 aliphatic rings. The van der Waals surface area contributed by atoms with E-state index in [-0.39, 0.29) is 23.7 Å². The predicted octanol–water partition coefficient (Wildman–Crippen LogP) is 0.838. The summed E-state index contributed by atoms with van der Waals surface area (Å²) in [7, 11) is 1.26. The van der Waals surface area contributed by atoms with Crippen molar-refractivity contribution in [2.24, 2.45) is 0 Å². The number of ether oxygens (including phenoxy) is 1. The van der Waals surface area contributed by atoms with Crippen molar-refractivity contribution in [3.05, 3.63) is 22.5 Å². The molecule has 23 heavy (non-hydrogen) atoms. The number of hydrogen-bond acceptors (Lipinski definition) is 5. The van der Waals surface area contributed by atoms with Crippen molar-refractivity contribution in [3.63, 3.8) is 0 Å². The number of rotatable bonds is 4. The van der Waals surface area contributed by atoms with Gasteiger partial charge >= 0.3 is 5.97 Å². The van der Waals surface area contributed by atoms with Gasteiger partial charge in [0.15, 0.2) is 5.78 Å². The number of Topliss-reactive ketones (excluding diaryl/α,β-unsaturated/α-hetero) is 1. The van der Waals surface area contributed by atoms with Crippen LogP contribution in [0.1, 0.15) is 51.9 Å². The molecule has 2 N–H and O–H groups in total. The Morgan fingerprint density at radius 2 is 2.09 bits per heavy atom. The van der Waals surface area contributed by atoms with Crippen LogP contribution in [0.3, 0.4) is 0 Å². The van der Waals surface area contributed by atoms with Crippen LogP contribution in [0.4, 0.5) is 0 Å². The first kappa shape index (κ1) is 17.2. The van der Waals surface area contributed by atoms with Crippen LogP contribution in [0.5, 0.6) is 0 Å². The highest BCUT2D eigenvalue weighted by Crippen LogP contribution is 2.22. The van der Waals surface area contributed by atoms with Crippen molar-refractivity contribution in [3.8, 4) is 0 Å². The van der Waals surface area contributed by atoms with Gasteiger partial charge in [0.05, 0.1) is 30.9 Å². The smallest absolute Gasteiger partial charge is 0.339 e. The van der Waals surface area contributed by atoms with Gasteiger partial charge in [-0.05, 0) is 25.3 Å². The minimum absolute atomic E-state index is 0.0364. The summed E-state index contributed by atoms with van der Waals surface area (Å²) in [4.78, 5) is 40.5. The Balaban J connectivity index is 2.27. The molecular weight excluding hydrogens is 300 g/mol. The topological polar surface area (TPSA) is 99.7 Å². The summed E-state index contributed by atoms with van der Waals surface area (Å²) >= 11 is 0. The minimum Gasteiger partial charge on any atom is -0.465 e. The number of methoxy groups -OCH3 is 1. The molecule has 1 aromatic heterocycles. The summed E-state index contributed by atoms with van der Waals surface area (Å²) in [6, 6.07) is 0. The molecule has 0 spiro atoms. The number of likely N-dealkylation sites (tertiary alicyclic amines) is 1. The first-order valence-electron chi connectivity index (χ1n) is 7.61. The van der Waals surface area contributed by atoms with Crippen LogP contribution in [0, 0.1) is 6.92 Å². The number of aliphatic hydroxyl groups excluding tert-OH is 1. The third-order valence-electron chi connectivity index (χ3n) is 4.15. The number of H-pyrrole nitrogens is 1. The normalized spacial score (nSPS) is 17.9. The fraction of sp³-hybridized carbons (Fsp3) is 0.562. The third kappa shape index (κ3) is 3.61. The highest BCUT2D eigenvalue weighted by Gasteiger charge is 2.27. The fourth-order valence-corrected chi connectivity index (χ4v) is 2.97. The molecule has 0 aromatic carbocycles. The predicted molar refractivity (Wildman–Crippen MR) is 82.4 cm³/mol. The summed E-state index contributed by atoms with van der Waals surface area (Å²) in [6.45, 7) is 3.93. The van der Waals surface area contributed by atoms with Crippen LogP contribution in [0.15, 0.2) is 0 Å². The van der Waals surface area contributed by atoms with E-state index in [1.807, 2.05) is 0 Å². The highest BCUT2D eigenvalue weighted by atomic mass is 16.5. The number of nitrogens with one attached hydrogen (secondary N) is 1. The van der Waals surface area contributed by atoms with Crippen molar-refractivity contribution in [1.82, 2.24) is 9.88 Å². The number of carbonyl (C=O) groups excluding carboxylic acids is 3. The fourth-order valence-electron chi connectivity index (χ4n) is 2.97. The Labute approximate surface area is 134 Å². The lowest BCUT2D eigenvalue weighted by atomic mass is 10.1. The van der Waals surface area contributed by atoms with Gasteiger partial charge in [0, 0.05) is 25.7 Å². The van der Waals surface area contributed by atoms with E-state index in [0.29, 0.717) is 36.5 Å². The van der Waals surface area contributed by atoms with Gasteiger partial charge in [0.2, 0.25) is 5.91 Å². The van der Waals surface area contributed by atoms with Gasteiger partial charge < -0.3 is 19.7 Å². The van der Waals surface area contributed by atoms with Crippen molar-refractivity contribution in [2.75, 3.05) is 20.2 Å². The number of hydrogen-bond donors (Lipinski definition) is 2. The number of carbonyl (C=O) groups is 3. The second-order valence-corrected chi connectivity index (χ2v) is 5.84. The van der Waals surface area contributed by atoms with E-state index in [4.69, 9.17) is 4.74 Å². The molecule has 1 atom stereocenters. The number of aromatic amines is 1. The van der Waals surface area contributed by atoms with Gasteiger partial charge in [0.1, 0.15) is 0 Å². The van der Waals surface area contributed by atoms with E-state index in [1.54, 1.807) is 11.8 Å². The number of nitrogens with zero attached hydrogens (tertiary/aromatic N) is 1. The quantitative estimate of drug-likeness (QED) is 0.632. The first-order chi connectivity index (χ1) is 10.8. The molecule has 0 aliphatic carbocycles.